The highest BCUT2D eigenvalue weighted by Gasteiger charge is 2.51. The van der Waals surface area contributed by atoms with Crippen LogP contribution in [-0.4, -0.2) is 22.5 Å². The summed E-state index contributed by atoms with van der Waals surface area (Å²) < 4.78 is 40.0. The highest BCUT2D eigenvalue weighted by Crippen LogP contribution is 2.50. The maximum atomic E-state index is 13.3. The van der Waals surface area contributed by atoms with Gasteiger partial charge >= 0.3 is 6.18 Å². The van der Waals surface area contributed by atoms with Gasteiger partial charge in [0.1, 0.15) is 5.84 Å². The number of alkyl halides is 3. The zero-order valence-electron chi connectivity index (χ0n) is 20.0. The zero-order valence-corrected chi connectivity index (χ0v) is 20.8. The minimum atomic E-state index is -4.58. The van der Waals surface area contributed by atoms with Crippen LogP contribution in [0.5, 0.6) is 0 Å². The summed E-state index contributed by atoms with van der Waals surface area (Å²) in [5.41, 5.74) is 7.02. The van der Waals surface area contributed by atoms with E-state index in [0.29, 0.717) is 47.7 Å². The first-order valence-electron chi connectivity index (χ1n) is 11.9. The number of aromatic nitrogens is 1. The van der Waals surface area contributed by atoms with Crippen LogP contribution in [-0.2, 0) is 23.9 Å². The minimum Gasteiger partial charge on any atom is -0.387 e. The van der Waals surface area contributed by atoms with Gasteiger partial charge in [-0.15, -0.1) is 0 Å². The van der Waals surface area contributed by atoms with E-state index in [0.717, 1.165) is 11.6 Å². The Morgan fingerprint density at radius 1 is 1.08 bits per heavy atom. The van der Waals surface area contributed by atoms with E-state index < -0.39 is 17.2 Å². The first-order chi connectivity index (χ1) is 18.0. The SMILES string of the molecule is NC1=Nc2cc(C(=O)CC3(C(=O)NCc4ccc(Nc5ccc(Cl)cc5C(F)(F)F)cn4)CC3)ccc2C1. The van der Waals surface area contributed by atoms with Gasteiger partial charge in [0.25, 0.3) is 0 Å². The third-order valence-electron chi connectivity index (χ3n) is 6.70. The Morgan fingerprint density at radius 2 is 1.87 bits per heavy atom. The molecule has 2 aliphatic rings. The van der Waals surface area contributed by atoms with Gasteiger partial charge in [-0.25, -0.2) is 4.99 Å². The molecule has 4 N–H and O–H groups in total. The molecule has 1 amide bonds. The maximum Gasteiger partial charge on any atom is 0.418 e. The van der Waals surface area contributed by atoms with Crippen LogP contribution in [0.2, 0.25) is 5.02 Å². The third-order valence-corrected chi connectivity index (χ3v) is 6.93. The Morgan fingerprint density at radius 3 is 2.55 bits per heavy atom. The maximum absolute atomic E-state index is 13.3. The van der Waals surface area contributed by atoms with Gasteiger partial charge in [0, 0.05) is 23.4 Å². The molecule has 0 atom stereocenters. The number of ketones is 1. The number of pyridine rings is 1. The van der Waals surface area contributed by atoms with Crippen molar-refractivity contribution >= 4 is 46.2 Å². The first kappa shape index (κ1) is 25.7. The number of rotatable bonds is 8. The van der Waals surface area contributed by atoms with Crippen LogP contribution >= 0.6 is 11.6 Å². The summed E-state index contributed by atoms with van der Waals surface area (Å²) in [7, 11) is 0. The van der Waals surface area contributed by atoms with Crippen LogP contribution in [0, 0.1) is 5.41 Å². The van der Waals surface area contributed by atoms with E-state index >= 15 is 0 Å². The van der Waals surface area contributed by atoms with Crippen LogP contribution in [0.4, 0.5) is 30.2 Å². The molecule has 5 rings (SSSR count). The molecule has 0 radical (unpaired) electrons. The van der Waals surface area contributed by atoms with E-state index in [9.17, 15) is 22.8 Å². The number of benzene rings is 2. The fraction of sp³-hybridized carbons (Fsp3) is 0.259. The number of carbonyl (C=O) groups is 2. The normalized spacial score (nSPS) is 15.4. The number of nitrogens with one attached hydrogen (secondary N) is 2. The Bertz CT molecular complexity index is 1450. The van der Waals surface area contributed by atoms with Crippen molar-refractivity contribution in [3.8, 4) is 0 Å². The molecule has 7 nitrogen and oxygen atoms in total. The molecule has 2 aromatic carbocycles. The number of hydrogen-bond acceptors (Lipinski definition) is 6. The Balaban J connectivity index is 1.18. The molecule has 0 saturated heterocycles. The summed E-state index contributed by atoms with van der Waals surface area (Å²) in [6.07, 6.45) is -1.31. The molecule has 1 aliphatic carbocycles. The zero-order chi connectivity index (χ0) is 27.1. The molecule has 2 heterocycles. The summed E-state index contributed by atoms with van der Waals surface area (Å²) in [5, 5.41) is 5.52. The smallest absolute Gasteiger partial charge is 0.387 e. The second-order valence-corrected chi connectivity index (χ2v) is 9.97. The number of nitrogens with two attached hydrogens (primary N) is 1. The first-order valence-corrected chi connectivity index (χ1v) is 12.3. The molecular formula is C27H23ClF3N5O2. The van der Waals surface area contributed by atoms with E-state index in [1.807, 2.05) is 6.07 Å². The van der Waals surface area contributed by atoms with E-state index in [1.165, 1.54) is 18.3 Å². The number of carbonyl (C=O) groups excluding carboxylic acids is 2. The molecule has 38 heavy (non-hydrogen) atoms. The molecule has 1 aliphatic heterocycles. The van der Waals surface area contributed by atoms with Crippen molar-refractivity contribution in [2.75, 3.05) is 5.32 Å². The minimum absolute atomic E-state index is 0.0196. The molecule has 11 heteroatoms. The summed E-state index contributed by atoms with van der Waals surface area (Å²) in [6.45, 7) is 0.122. The fourth-order valence-electron chi connectivity index (χ4n) is 4.40. The van der Waals surface area contributed by atoms with Crippen LogP contribution < -0.4 is 16.4 Å². The van der Waals surface area contributed by atoms with E-state index in [4.69, 9.17) is 17.3 Å². The number of amides is 1. The van der Waals surface area contributed by atoms with Crippen LogP contribution in [0.25, 0.3) is 0 Å². The number of aliphatic imine (C=N–C) groups is 1. The molecule has 1 aromatic heterocycles. The highest BCUT2D eigenvalue weighted by atomic mass is 35.5. The summed E-state index contributed by atoms with van der Waals surface area (Å²) in [6, 6.07) is 11.9. The van der Waals surface area contributed by atoms with E-state index in [-0.39, 0.29) is 35.4 Å². The second kappa shape index (κ2) is 9.75. The van der Waals surface area contributed by atoms with E-state index in [1.54, 1.807) is 24.3 Å². The highest BCUT2D eigenvalue weighted by molar-refractivity contribution is 6.30. The van der Waals surface area contributed by atoms with Gasteiger partial charge in [-0.1, -0.05) is 23.7 Å². The average molecular weight is 542 g/mol. The molecule has 3 aromatic rings. The molecule has 1 fully saturated rings. The Hall–Kier alpha value is -3.92. The topological polar surface area (TPSA) is 109 Å². The van der Waals surface area contributed by atoms with Crippen LogP contribution in [0.15, 0.2) is 59.7 Å². The van der Waals surface area contributed by atoms with Crippen LogP contribution in [0.1, 0.15) is 46.4 Å². The number of amidine groups is 1. The predicted octanol–water partition coefficient (Wildman–Crippen LogP) is 5.71. The second-order valence-electron chi connectivity index (χ2n) is 9.54. The number of hydrogen-bond donors (Lipinski definition) is 3. The van der Waals surface area contributed by atoms with Crippen molar-refractivity contribution in [1.29, 1.82) is 0 Å². The van der Waals surface area contributed by atoms with Gasteiger partial charge in [-0.3, -0.25) is 14.6 Å². The number of nitrogens with zero attached hydrogens (tertiary/aromatic N) is 2. The lowest BCUT2D eigenvalue weighted by molar-refractivity contribution is -0.137. The van der Waals surface area contributed by atoms with Crippen LogP contribution in [0.3, 0.4) is 0 Å². The lowest BCUT2D eigenvalue weighted by Gasteiger charge is -2.16. The Labute approximate surface area is 221 Å². The quantitative estimate of drug-likeness (QED) is 0.316. The predicted molar refractivity (Wildman–Crippen MR) is 138 cm³/mol. The lowest BCUT2D eigenvalue weighted by atomic mass is 9.94. The summed E-state index contributed by atoms with van der Waals surface area (Å²) in [4.78, 5) is 34.3. The molecule has 1 saturated carbocycles. The number of anilines is 2. The van der Waals surface area contributed by atoms with Gasteiger partial charge in [0.05, 0.1) is 46.5 Å². The van der Waals surface area contributed by atoms with Crippen molar-refractivity contribution in [3.05, 3.63) is 82.1 Å². The third kappa shape index (κ3) is 5.50. The van der Waals surface area contributed by atoms with Gasteiger partial charge in [0.2, 0.25) is 5.91 Å². The summed E-state index contributed by atoms with van der Waals surface area (Å²) >= 11 is 5.73. The van der Waals surface area contributed by atoms with Gasteiger partial charge in [-0.05, 0) is 54.8 Å². The molecule has 0 bridgehead atoms. The fourth-order valence-corrected chi connectivity index (χ4v) is 4.57. The average Bonchev–Trinajstić information content (AvgIpc) is 3.55. The monoisotopic (exact) mass is 541 g/mol. The van der Waals surface area contributed by atoms with Crippen molar-refractivity contribution in [3.63, 3.8) is 0 Å². The number of fused-ring (bicyclic) bond motifs is 1. The van der Waals surface area contributed by atoms with Gasteiger partial charge in [0.15, 0.2) is 5.78 Å². The molecule has 0 unspecified atom stereocenters. The largest absolute Gasteiger partial charge is 0.418 e. The van der Waals surface area contributed by atoms with Crippen molar-refractivity contribution in [1.82, 2.24) is 10.3 Å². The van der Waals surface area contributed by atoms with Crippen molar-refractivity contribution in [2.24, 2.45) is 16.1 Å². The molecular weight excluding hydrogens is 519 g/mol. The van der Waals surface area contributed by atoms with Crippen molar-refractivity contribution in [2.45, 2.75) is 38.4 Å². The standard InChI is InChI=1S/C27H23ClF3N5O2/c28-17-3-6-21(20(11-17)27(29,30)31)35-19-5-4-18(33-14-19)13-34-25(38)26(7-8-26)12-23(37)16-2-1-15-10-24(32)36-22(15)9-16/h1-6,9,11,14,35H,7-8,10,12-13H2,(H2,32,36)(H,34,38). The van der Waals surface area contributed by atoms with Gasteiger partial charge < -0.3 is 16.4 Å². The lowest BCUT2D eigenvalue weighted by Crippen LogP contribution is -2.33. The summed E-state index contributed by atoms with van der Waals surface area (Å²) in [5.74, 6) is 0.153. The van der Waals surface area contributed by atoms with E-state index in [2.05, 4.69) is 20.6 Å². The molecule has 196 valence electrons. The van der Waals surface area contributed by atoms with Gasteiger partial charge in [-0.2, -0.15) is 13.2 Å². The number of halogens is 4. The molecule has 0 spiro atoms. The van der Waals surface area contributed by atoms with Crippen molar-refractivity contribution < 1.29 is 22.8 Å². The Kier molecular flexibility index (Phi) is 6.60. The number of Topliss-reactive ketones (excluding diaryl/α,β-unsaturated/α-hetero) is 1.